The van der Waals surface area contributed by atoms with Crippen LogP contribution in [-0.4, -0.2) is 31.4 Å². The molecule has 1 aliphatic carbocycles. The Balaban J connectivity index is 1.93. The number of hydrogen-bond acceptors (Lipinski definition) is 4. The topological polar surface area (TPSA) is 84.5 Å². The van der Waals surface area contributed by atoms with Crippen LogP contribution in [0.5, 0.6) is 0 Å². The van der Waals surface area contributed by atoms with Crippen molar-refractivity contribution in [2.24, 2.45) is 5.92 Å². The third-order valence-electron chi connectivity index (χ3n) is 2.98. The van der Waals surface area contributed by atoms with E-state index in [1.165, 1.54) is 7.11 Å². The number of carbonyl (C=O) groups excluding carboxylic acids is 3. The number of ether oxygens (including phenoxy) is 1. The SMILES string of the molecule is COC(=O)c1ccccc1NC(=O)CNC(=O)C1CC1. The van der Waals surface area contributed by atoms with Gasteiger partial charge in [-0.3, -0.25) is 9.59 Å². The van der Waals surface area contributed by atoms with Gasteiger partial charge in [-0.25, -0.2) is 4.79 Å². The lowest BCUT2D eigenvalue weighted by atomic mass is 10.2. The van der Waals surface area contributed by atoms with E-state index in [9.17, 15) is 14.4 Å². The summed E-state index contributed by atoms with van der Waals surface area (Å²) in [5, 5.41) is 5.15. The molecular weight excluding hydrogens is 260 g/mol. The number of hydrogen-bond donors (Lipinski definition) is 2. The quantitative estimate of drug-likeness (QED) is 0.784. The third kappa shape index (κ3) is 3.57. The Labute approximate surface area is 116 Å². The first-order valence-corrected chi connectivity index (χ1v) is 6.36. The van der Waals surface area contributed by atoms with Crippen LogP contribution >= 0.6 is 0 Å². The molecule has 20 heavy (non-hydrogen) atoms. The highest BCUT2D eigenvalue weighted by molar-refractivity contribution is 6.02. The average molecular weight is 276 g/mol. The van der Waals surface area contributed by atoms with E-state index in [0.717, 1.165) is 12.8 Å². The molecule has 0 bridgehead atoms. The molecular formula is C14H16N2O4. The van der Waals surface area contributed by atoms with Gasteiger partial charge in [0, 0.05) is 5.92 Å². The van der Waals surface area contributed by atoms with Crippen molar-refractivity contribution in [3.8, 4) is 0 Å². The molecule has 1 saturated carbocycles. The van der Waals surface area contributed by atoms with Crippen LogP contribution in [0.3, 0.4) is 0 Å². The van der Waals surface area contributed by atoms with Crippen LogP contribution in [-0.2, 0) is 14.3 Å². The highest BCUT2D eigenvalue weighted by atomic mass is 16.5. The van der Waals surface area contributed by atoms with Gasteiger partial charge in [-0.1, -0.05) is 12.1 Å². The van der Waals surface area contributed by atoms with Crippen molar-refractivity contribution in [2.75, 3.05) is 19.0 Å². The molecule has 2 rings (SSSR count). The first kappa shape index (κ1) is 14.0. The number of rotatable bonds is 5. The van der Waals surface area contributed by atoms with Crippen molar-refractivity contribution in [1.29, 1.82) is 0 Å². The van der Waals surface area contributed by atoms with Crippen molar-refractivity contribution < 1.29 is 19.1 Å². The first-order chi connectivity index (χ1) is 9.61. The molecule has 6 nitrogen and oxygen atoms in total. The van der Waals surface area contributed by atoms with Crippen LogP contribution in [0, 0.1) is 5.92 Å². The molecule has 106 valence electrons. The number of esters is 1. The number of benzene rings is 1. The molecule has 2 amide bonds. The predicted molar refractivity (Wildman–Crippen MR) is 72.1 cm³/mol. The largest absolute Gasteiger partial charge is 0.465 e. The summed E-state index contributed by atoms with van der Waals surface area (Å²) in [7, 11) is 1.27. The highest BCUT2D eigenvalue weighted by Crippen LogP contribution is 2.28. The number of amides is 2. The zero-order chi connectivity index (χ0) is 14.5. The van der Waals surface area contributed by atoms with E-state index in [-0.39, 0.29) is 29.8 Å². The van der Waals surface area contributed by atoms with Gasteiger partial charge in [-0.15, -0.1) is 0 Å². The predicted octanol–water partition coefficient (Wildman–Crippen LogP) is 0.938. The lowest BCUT2D eigenvalue weighted by molar-refractivity contribution is -0.125. The molecule has 6 heteroatoms. The Morgan fingerprint density at radius 3 is 2.60 bits per heavy atom. The second-order valence-corrected chi connectivity index (χ2v) is 4.58. The Morgan fingerprint density at radius 1 is 1.25 bits per heavy atom. The van der Waals surface area contributed by atoms with Gasteiger partial charge < -0.3 is 15.4 Å². The van der Waals surface area contributed by atoms with E-state index in [4.69, 9.17) is 0 Å². The summed E-state index contributed by atoms with van der Waals surface area (Å²) in [5.74, 6) is -0.940. The van der Waals surface area contributed by atoms with Gasteiger partial charge in [0.25, 0.3) is 0 Å². The highest BCUT2D eigenvalue weighted by Gasteiger charge is 2.29. The molecule has 0 aliphatic heterocycles. The molecule has 0 heterocycles. The third-order valence-corrected chi connectivity index (χ3v) is 2.98. The molecule has 1 aliphatic rings. The molecule has 1 fully saturated rings. The lowest BCUT2D eigenvalue weighted by Gasteiger charge is -2.10. The monoisotopic (exact) mass is 276 g/mol. The van der Waals surface area contributed by atoms with Crippen molar-refractivity contribution >= 4 is 23.5 Å². The van der Waals surface area contributed by atoms with Crippen LogP contribution in [0.25, 0.3) is 0 Å². The normalized spacial score (nSPS) is 13.4. The maximum atomic E-state index is 11.7. The first-order valence-electron chi connectivity index (χ1n) is 6.36. The van der Waals surface area contributed by atoms with E-state index in [2.05, 4.69) is 15.4 Å². The standard InChI is InChI=1S/C14H16N2O4/c1-20-14(19)10-4-2-3-5-11(10)16-12(17)8-15-13(18)9-6-7-9/h2-5,9H,6-8H2,1H3,(H,15,18)(H,16,17). The van der Waals surface area contributed by atoms with E-state index >= 15 is 0 Å². The molecule has 0 spiro atoms. The van der Waals surface area contributed by atoms with Crippen LogP contribution in [0.4, 0.5) is 5.69 Å². The Kier molecular flexibility index (Phi) is 4.34. The minimum atomic E-state index is -0.525. The Morgan fingerprint density at radius 2 is 1.95 bits per heavy atom. The fourth-order valence-corrected chi connectivity index (χ4v) is 1.73. The van der Waals surface area contributed by atoms with Gasteiger partial charge in [-0.05, 0) is 25.0 Å². The maximum absolute atomic E-state index is 11.7. The minimum Gasteiger partial charge on any atom is -0.465 e. The van der Waals surface area contributed by atoms with Crippen LogP contribution in [0.15, 0.2) is 24.3 Å². The fourth-order valence-electron chi connectivity index (χ4n) is 1.73. The van der Waals surface area contributed by atoms with Gasteiger partial charge in [-0.2, -0.15) is 0 Å². The van der Waals surface area contributed by atoms with Crippen molar-refractivity contribution in [3.05, 3.63) is 29.8 Å². The van der Waals surface area contributed by atoms with Crippen LogP contribution in [0.1, 0.15) is 23.2 Å². The van der Waals surface area contributed by atoms with Crippen LogP contribution < -0.4 is 10.6 Å². The van der Waals surface area contributed by atoms with Gasteiger partial charge >= 0.3 is 5.97 Å². The number of nitrogens with one attached hydrogen (secondary N) is 2. The number of methoxy groups -OCH3 is 1. The zero-order valence-corrected chi connectivity index (χ0v) is 11.1. The molecule has 0 radical (unpaired) electrons. The Hall–Kier alpha value is -2.37. The summed E-state index contributed by atoms with van der Waals surface area (Å²) < 4.78 is 4.64. The van der Waals surface area contributed by atoms with E-state index in [0.29, 0.717) is 5.69 Å². The summed E-state index contributed by atoms with van der Waals surface area (Å²) in [6.07, 6.45) is 1.78. The number of para-hydroxylation sites is 1. The van der Waals surface area contributed by atoms with Gasteiger partial charge in [0.2, 0.25) is 11.8 Å². The van der Waals surface area contributed by atoms with E-state index < -0.39 is 5.97 Å². The number of anilines is 1. The zero-order valence-electron chi connectivity index (χ0n) is 11.1. The van der Waals surface area contributed by atoms with Gasteiger partial charge in [0.1, 0.15) is 0 Å². The average Bonchev–Trinajstić information content (AvgIpc) is 3.29. The number of carbonyl (C=O) groups is 3. The maximum Gasteiger partial charge on any atom is 0.339 e. The summed E-state index contributed by atoms with van der Waals surface area (Å²) in [6.45, 7) is -0.106. The second-order valence-electron chi connectivity index (χ2n) is 4.58. The van der Waals surface area contributed by atoms with Crippen molar-refractivity contribution in [3.63, 3.8) is 0 Å². The summed E-state index contributed by atoms with van der Waals surface area (Å²) in [5.41, 5.74) is 0.641. The molecule has 1 aromatic carbocycles. The van der Waals surface area contributed by atoms with E-state index in [1.54, 1.807) is 24.3 Å². The van der Waals surface area contributed by atoms with Crippen molar-refractivity contribution in [1.82, 2.24) is 5.32 Å². The summed E-state index contributed by atoms with van der Waals surface area (Å²) in [6, 6.07) is 6.54. The summed E-state index contributed by atoms with van der Waals surface area (Å²) >= 11 is 0. The molecule has 2 N–H and O–H groups in total. The smallest absolute Gasteiger partial charge is 0.339 e. The fraction of sp³-hybridized carbons (Fsp3) is 0.357. The van der Waals surface area contributed by atoms with Crippen molar-refractivity contribution in [2.45, 2.75) is 12.8 Å². The minimum absolute atomic E-state index is 0.0603. The second kappa shape index (κ2) is 6.18. The van der Waals surface area contributed by atoms with E-state index in [1.807, 2.05) is 0 Å². The molecule has 0 unspecified atom stereocenters. The van der Waals surface area contributed by atoms with Gasteiger partial charge in [0.15, 0.2) is 0 Å². The molecule has 0 atom stereocenters. The molecule has 0 aromatic heterocycles. The lowest BCUT2D eigenvalue weighted by Crippen LogP contribution is -2.34. The Bertz CT molecular complexity index is 538. The van der Waals surface area contributed by atoms with Crippen LogP contribution in [0.2, 0.25) is 0 Å². The van der Waals surface area contributed by atoms with Gasteiger partial charge in [0.05, 0.1) is 24.9 Å². The molecule has 1 aromatic rings. The molecule has 0 saturated heterocycles. The summed E-state index contributed by atoms with van der Waals surface area (Å²) in [4.78, 5) is 34.7.